The Balaban J connectivity index is 1.61. The lowest BCUT2D eigenvalue weighted by Gasteiger charge is -2.70. The van der Waals surface area contributed by atoms with Gasteiger partial charge in [-0.2, -0.15) is 0 Å². The minimum Gasteiger partial charge on any atom is -0.395 e. The number of hydrogen-bond acceptors (Lipinski definition) is 2. The first-order valence-electron chi connectivity index (χ1n) is 13.5. The van der Waals surface area contributed by atoms with E-state index in [0.717, 1.165) is 19.3 Å². The molecule has 0 spiro atoms. The SMILES string of the molecule is CC1(C)CC[C@]2(CO)C=C[C@]3(C)C(=C2C1)CC[C@@H]1[C@@]2(C)CC[C@H](O)C(C)(C)[C@@H]2CC[C@]13C. The van der Waals surface area contributed by atoms with E-state index in [9.17, 15) is 10.2 Å². The molecule has 0 radical (unpaired) electrons. The van der Waals surface area contributed by atoms with Gasteiger partial charge in [-0.15, -0.1) is 0 Å². The molecule has 4 saturated carbocycles. The Morgan fingerprint density at radius 1 is 0.812 bits per heavy atom. The van der Waals surface area contributed by atoms with Crippen molar-refractivity contribution in [2.75, 3.05) is 6.61 Å². The maximum absolute atomic E-state index is 10.9. The number of hydrogen-bond donors (Lipinski definition) is 2. The van der Waals surface area contributed by atoms with Crippen molar-refractivity contribution in [1.29, 1.82) is 0 Å². The van der Waals surface area contributed by atoms with Gasteiger partial charge in [0.15, 0.2) is 0 Å². The van der Waals surface area contributed by atoms with Crippen LogP contribution in [0.3, 0.4) is 0 Å². The van der Waals surface area contributed by atoms with Gasteiger partial charge in [0.05, 0.1) is 12.7 Å². The van der Waals surface area contributed by atoms with Crippen molar-refractivity contribution in [2.45, 2.75) is 112 Å². The third-order valence-corrected chi connectivity index (χ3v) is 12.4. The Morgan fingerprint density at radius 3 is 2.22 bits per heavy atom. The summed E-state index contributed by atoms with van der Waals surface area (Å²) in [6, 6.07) is 0. The summed E-state index contributed by atoms with van der Waals surface area (Å²) in [4.78, 5) is 0. The van der Waals surface area contributed by atoms with Gasteiger partial charge in [-0.1, -0.05) is 71.8 Å². The van der Waals surface area contributed by atoms with Crippen LogP contribution in [0.5, 0.6) is 0 Å². The predicted octanol–water partition coefficient (Wildman–Crippen LogP) is 7.06. The lowest BCUT2D eigenvalue weighted by atomic mass is 9.35. The highest BCUT2D eigenvalue weighted by atomic mass is 16.3. The molecule has 2 heteroatoms. The largest absolute Gasteiger partial charge is 0.395 e. The molecule has 32 heavy (non-hydrogen) atoms. The van der Waals surface area contributed by atoms with Crippen molar-refractivity contribution in [2.24, 2.45) is 44.3 Å². The molecule has 7 atom stereocenters. The fourth-order valence-corrected chi connectivity index (χ4v) is 10.1. The normalized spacial score (nSPS) is 51.3. The van der Waals surface area contributed by atoms with E-state index in [4.69, 9.17) is 0 Å². The molecule has 0 amide bonds. The molecule has 0 heterocycles. The van der Waals surface area contributed by atoms with Gasteiger partial charge in [-0.3, -0.25) is 0 Å². The highest BCUT2D eigenvalue weighted by Gasteiger charge is 2.66. The average Bonchev–Trinajstić information content (AvgIpc) is 2.71. The van der Waals surface area contributed by atoms with E-state index in [1.807, 2.05) is 0 Å². The highest BCUT2D eigenvalue weighted by Crippen LogP contribution is 2.74. The van der Waals surface area contributed by atoms with Gasteiger partial charge < -0.3 is 10.2 Å². The van der Waals surface area contributed by atoms with Crippen LogP contribution < -0.4 is 0 Å². The molecule has 0 bridgehead atoms. The second kappa shape index (κ2) is 6.75. The second-order valence-corrected chi connectivity index (χ2v) is 14.6. The number of fused-ring (bicyclic) bond motifs is 6. The zero-order valence-electron chi connectivity index (χ0n) is 21.9. The van der Waals surface area contributed by atoms with Gasteiger partial charge in [-0.05, 0) is 91.3 Å². The number of aliphatic hydroxyl groups excluding tert-OH is 2. The van der Waals surface area contributed by atoms with Gasteiger partial charge in [-0.25, -0.2) is 0 Å². The molecule has 0 aromatic heterocycles. The molecule has 2 N–H and O–H groups in total. The van der Waals surface area contributed by atoms with Gasteiger partial charge in [0.1, 0.15) is 0 Å². The number of allylic oxidation sites excluding steroid dienone is 2. The van der Waals surface area contributed by atoms with Crippen LogP contribution >= 0.6 is 0 Å². The Hall–Kier alpha value is -0.600. The van der Waals surface area contributed by atoms with Crippen LogP contribution in [-0.4, -0.2) is 22.9 Å². The standard InChI is InChI=1S/C30H48O2/c1-25(2)14-16-30(19-31)17-15-28(6)20(21(30)18-25)8-9-23-27(5)12-11-24(32)26(3,4)22(27)10-13-29(23,28)7/h15,17,22-24,31-32H,8-14,16,18-19H2,1-7H3/t22-,23+,24-,27-,28+,29+,30+/m0/s1. The summed E-state index contributed by atoms with van der Waals surface area (Å²) in [6.45, 7) is 17.5. The molecule has 4 fully saturated rings. The van der Waals surface area contributed by atoms with Crippen LogP contribution in [-0.2, 0) is 0 Å². The summed E-state index contributed by atoms with van der Waals surface area (Å²) in [5.74, 6) is 1.30. The summed E-state index contributed by atoms with van der Waals surface area (Å²) in [5, 5.41) is 21.5. The number of aliphatic hydroxyl groups is 2. The average molecular weight is 441 g/mol. The maximum atomic E-state index is 10.9. The first-order chi connectivity index (χ1) is 14.8. The topological polar surface area (TPSA) is 40.5 Å². The molecular weight excluding hydrogens is 392 g/mol. The van der Waals surface area contributed by atoms with Crippen LogP contribution in [0.15, 0.2) is 23.3 Å². The molecule has 2 nitrogen and oxygen atoms in total. The van der Waals surface area contributed by atoms with E-state index < -0.39 is 0 Å². The Kier molecular flexibility index (Phi) is 4.88. The predicted molar refractivity (Wildman–Crippen MR) is 132 cm³/mol. The van der Waals surface area contributed by atoms with Gasteiger partial charge >= 0.3 is 0 Å². The molecule has 0 aliphatic heterocycles. The first kappa shape index (κ1) is 23.2. The molecule has 0 saturated heterocycles. The van der Waals surface area contributed by atoms with Crippen LogP contribution in [0.25, 0.3) is 0 Å². The van der Waals surface area contributed by atoms with E-state index in [1.54, 1.807) is 11.1 Å². The third kappa shape index (κ3) is 2.72. The fraction of sp³-hybridized carbons (Fsp3) is 0.867. The minimum absolute atomic E-state index is 0.00974. The summed E-state index contributed by atoms with van der Waals surface area (Å²) < 4.78 is 0. The third-order valence-electron chi connectivity index (χ3n) is 12.4. The van der Waals surface area contributed by atoms with E-state index in [0.29, 0.717) is 22.7 Å². The van der Waals surface area contributed by atoms with E-state index in [2.05, 4.69) is 60.6 Å². The summed E-state index contributed by atoms with van der Waals surface area (Å²) in [7, 11) is 0. The fourth-order valence-electron chi connectivity index (χ4n) is 10.1. The zero-order chi connectivity index (χ0) is 23.4. The molecule has 0 aromatic rings. The van der Waals surface area contributed by atoms with Crippen LogP contribution in [0.2, 0.25) is 0 Å². The zero-order valence-corrected chi connectivity index (χ0v) is 21.9. The summed E-state index contributed by atoms with van der Waals surface area (Å²) in [6.07, 6.45) is 15.4. The van der Waals surface area contributed by atoms with E-state index >= 15 is 0 Å². The lowest BCUT2D eigenvalue weighted by Crippen LogP contribution is -2.63. The monoisotopic (exact) mass is 440 g/mol. The van der Waals surface area contributed by atoms with Crippen molar-refractivity contribution < 1.29 is 10.2 Å². The van der Waals surface area contributed by atoms with Gasteiger partial charge in [0.2, 0.25) is 0 Å². The molecule has 5 aliphatic carbocycles. The van der Waals surface area contributed by atoms with Crippen molar-refractivity contribution in [3.8, 4) is 0 Å². The van der Waals surface area contributed by atoms with Crippen molar-refractivity contribution in [3.63, 3.8) is 0 Å². The van der Waals surface area contributed by atoms with Crippen LogP contribution in [0.4, 0.5) is 0 Å². The van der Waals surface area contributed by atoms with E-state index in [-0.39, 0.29) is 34.4 Å². The van der Waals surface area contributed by atoms with E-state index in [1.165, 1.54) is 38.5 Å². The molecule has 5 rings (SSSR count). The molecule has 0 aromatic carbocycles. The van der Waals surface area contributed by atoms with Crippen molar-refractivity contribution in [3.05, 3.63) is 23.3 Å². The quantitative estimate of drug-likeness (QED) is 0.428. The Labute approximate surface area is 197 Å². The highest BCUT2D eigenvalue weighted by molar-refractivity contribution is 5.45. The minimum atomic E-state index is -0.161. The second-order valence-electron chi connectivity index (χ2n) is 14.6. The van der Waals surface area contributed by atoms with Crippen molar-refractivity contribution >= 4 is 0 Å². The van der Waals surface area contributed by atoms with Crippen LogP contribution in [0.1, 0.15) is 106 Å². The number of rotatable bonds is 1. The summed E-state index contributed by atoms with van der Waals surface area (Å²) in [5.41, 5.74) is 4.17. The maximum Gasteiger partial charge on any atom is 0.0594 e. The van der Waals surface area contributed by atoms with Crippen LogP contribution in [0, 0.1) is 44.3 Å². The molecule has 180 valence electrons. The Morgan fingerprint density at radius 2 is 1.53 bits per heavy atom. The van der Waals surface area contributed by atoms with Gasteiger partial charge in [0, 0.05) is 10.8 Å². The smallest absolute Gasteiger partial charge is 0.0594 e. The molecule has 0 unspecified atom stereocenters. The van der Waals surface area contributed by atoms with Gasteiger partial charge in [0.25, 0.3) is 0 Å². The van der Waals surface area contributed by atoms with Crippen molar-refractivity contribution in [1.82, 2.24) is 0 Å². The molecule has 5 aliphatic rings. The molecular formula is C30H48O2. The first-order valence-corrected chi connectivity index (χ1v) is 13.5. The summed E-state index contributed by atoms with van der Waals surface area (Å²) >= 11 is 0. The Bertz CT molecular complexity index is 864. The lowest BCUT2D eigenvalue weighted by molar-refractivity contribution is -0.194.